The highest BCUT2D eigenvalue weighted by Gasteiger charge is 1.75. The van der Waals surface area contributed by atoms with Gasteiger partial charge in [-0.1, -0.05) is 49.6 Å². The van der Waals surface area contributed by atoms with E-state index in [1.54, 1.807) is 0 Å². The molecule has 0 fully saturated rings. The number of carbonyl (C=O) groups excluding carboxylic acids is 1. The smallest absolute Gasteiger partial charge is 0.142 e. The first-order chi connectivity index (χ1) is 5.85. The molecule has 0 aliphatic rings. The molecule has 1 heteroatoms. The number of aldehydes is 1. The third-order valence-electron chi connectivity index (χ3n) is 1.13. The summed E-state index contributed by atoms with van der Waals surface area (Å²) in [7, 11) is 0. The standard InChI is InChI=1S/C8H8.C3H4O/c1-2-8-6-4-3-5-7-8;1-2-3-4/h2-7H,1H2;2-3H,1H2. The fourth-order valence-electron chi connectivity index (χ4n) is 0.589. The van der Waals surface area contributed by atoms with E-state index in [4.69, 9.17) is 4.79 Å². The van der Waals surface area contributed by atoms with E-state index in [1.807, 2.05) is 36.4 Å². The van der Waals surface area contributed by atoms with Gasteiger partial charge in [-0.15, -0.1) is 0 Å². The van der Waals surface area contributed by atoms with Crippen LogP contribution in [0.2, 0.25) is 0 Å². The molecule has 0 aliphatic carbocycles. The van der Waals surface area contributed by atoms with Gasteiger partial charge in [0.2, 0.25) is 0 Å². The molecule has 12 heavy (non-hydrogen) atoms. The van der Waals surface area contributed by atoms with E-state index >= 15 is 0 Å². The Morgan fingerprint density at radius 2 is 1.58 bits per heavy atom. The normalized spacial score (nSPS) is 7.33. The summed E-state index contributed by atoms with van der Waals surface area (Å²) in [4.78, 5) is 9.06. The predicted molar refractivity (Wildman–Crippen MR) is 52.8 cm³/mol. The van der Waals surface area contributed by atoms with Crippen molar-refractivity contribution in [2.24, 2.45) is 0 Å². The number of allylic oxidation sites excluding steroid dienone is 1. The summed E-state index contributed by atoms with van der Waals surface area (Å²) in [5.41, 5.74) is 1.17. The van der Waals surface area contributed by atoms with Crippen LogP contribution >= 0.6 is 0 Å². The molecular weight excluding hydrogens is 148 g/mol. The molecule has 0 atom stereocenters. The summed E-state index contributed by atoms with van der Waals surface area (Å²) in [6.45, 7) is 6.74. The van der Waals surface area contributed by atoms with Gasteiger partial charge in [0, 0.05) is 0 Å². The monoisotopic (exact) mass is 160 g/mol. The number of benzene rings is 1. The Kier molecular flexibility index (Phi) is 6.46. The molecule has 0 spiro atoms. The summed E-state index contributed by atoms with van der Waals surface area (Å²) in [5.74, 6) is 0. The molecule has 1 nitrogen and oxygen atoms in total. The van der Waals surface area contributed by atoms with Gasteiger partial charge in [-0.25, -0.2) is 0 Å². The molecule has 62 valence electrons. The average Bonchev–Trinajstić information content (AvgIpc) is 2.19. The molecular formula is C11H12O. The van der Waals surface area contributed by atoms with Crippen molar-refractivity contribution >= 4 is 12.4 Å². The molecule has 0 unspecified atom stereocenters. The second-order valence-corrected chi connectivity index (χ2v) is 1.99. The number of hydrogen-bond acceptors (Lipinski definition) is 1. The van der Waals surface area contributed by atoms with Crippen LogP contribution in [-0.2, 0) is 4.79 Å². The van der Waals surface area contributed by atoms with Gasteiger partial charge in [-0.3, -0.25) is 4.79 Å². The van der Waals surface area contributed by atoms with Crippen molar-refractivity contribution in [3.8, 4) is 0 Å². The van der Waals surface area contributed by atoms with Crippen LogP contribution in [0.3, 0.4) is 0 Å². The van der Waals surface area contributed by atoms with Gasteiger partial charge < -0.3 is 0 Å². The van der Waals surface area contributed by atoms with Gasteiger partial charge in [-0.2, -0.15) is 0 Å². The molecule has 1 aromatic carbocycles. The second-order valence-electron chi connectivity index (χ2n) is 1.99. The lowest BCUT2D eigenvalue weighted by Crippen LogP contribution is -1.63. The minimum atomic E-state index is 0.639. The molecule has 0 aliphatic heterocycles. The molecule has 0 N–H and O–H groups in total. The van der Waals surface area contributed by atoms with Crippen LogP contribution in [0, 0.1) is 0 Å². The van der Waals surface area contributed by atoms with Crippen molar-refractivity contribution in [3.63, 3.8) is 0 Å². The highest BCUT2D eigenvalue weighted by molar-refractivity contribution is 5.63. The van der Waals surface area contributed by atoms with E-state index in [2.05, 4.69) is 13.2 Å². The molecule has 1 rings (SSSR count). The quantitative estimate of drug-likeness (QED) is 0.480. The molecule has 0 aromatic heterocycles. The first kappa shape index (κ1) is 10.4. The lowest BCUT2D eigenvalue weighted by molar-refractivity contribution is -0.104. The largest absolute Gasteiger partial charge is 0.299 e. The number of rotatable bonds is 2. The first-order valence-electron chi connectivity index (χ1n) is 3.58. The Balaban J connectivity index is 0.000000261. The zero-order valence-corrected chi connectivity index (χ0v) is 6.94. The molecule has 0 radical (unpaired) electrons. The summed E-state index contributed by atoms with van der Waals surface area (Å²) in [5, 5.41) is 0. The Morgan fingerprint density at radius 1 is 1.08 bits per heavy atom. The van der Waals surface area contributed by atoms with E-state index in [1.165, 1.54) is 11.6 Å². The van der Waals surface area contributed by atoms with Crippen molar-refractivity contribution in [1.29, 1.82) is 0 Å². The van der Waals surface area contributed by atoms with Crippen LogP contribution in [0.15, 0.2) is 49.6 Å². The van der Waals surface area contributed by atoms with Gasteiger partial charge in [-0.05, 0) is 11.6 Å². The van der Waals surface area contributed by atoms with Crippen LogP contribution in [0.1, 0.15) is 5.56 Å². The number of carbonyl (C=O) groups is 1. The van der Waals surface area contributed by atoms with Gasteiger partial charge in [0.1, 0.15) is 6.29 Å². The van der Waals surface area contributed by atoms with E-state index in [9.17, 15) is 0 Å². The average molecular weight is 160 g/mol. The Hall–Kier alpha value is -1.63. The third-order valence-corrected chi connectivity index (χ3v) is 1.13. The van der Waals surface area contributed by atoms with Crippen molar-refractivity contribution in [2.45, 2.75) is 0 Å². The van der Waals surface area contributed by atoms with Gasteiger partial charge in [0.05, 0.1) is 0 Å². The van der Waals surface area contributed by atoms with Gasteiger partial charge in [0.15, 0.2) is 0 Å². The highest BCUT2D eigenvalue weighted by Crippen LogP contribution is 1.97. The van der Waals surface area contributed by atoms with E-state index < -0.39 is 0 Å². The SMILES string of the molecule is C=CC=O.C=Cc1ccccc1. The van der Waals surface area contributed by atoms with E-state index in [-0.39, 0.29) is 0 Å². The van der Waals surface area contributed by atoms with Crippen LogP contribution in [0.4, 0.5) is 0 Å². The van der Waals surface area contributed by atoms with Crippen molar-refractivity contribution < 1.29 is 4.79 Å². The lowest BCUT2D eigenvalue weighted by Gasteiger charge is -1.85. The molecule has 0 amide bonds. The van der Waals surface area contributed by atoms with E-state index in [0.717, 1.165) is 0 Å². The molecule has 0 bridgehead atoms. The minimum Gasteiger partial charge on any atom is -0.299 e. The maximum absolute atomic E-state index is 9.06. The fraction of sp³-hybridized carbons (Fsp3) is 0. The fourth-order valence-corrected chi connectivity index (χ4v) is 0.589. The maximum atomic E-state index is 9.06. The number of hydrogen-bond donors (Lipinski definition) is 0. The topological polar surface area (TPSA) is 17.1 Å². The molecule has 0 heterocycles. The Bertz CT molecular complexity index is 230. The zero-order valence-electron chi connectivity index (χ0n) is 6.94. The molecule has 0 saturated heterocycles. The predicted octanol–water partition coefficient (Wildman–Crippen LogP) is 2.70. The van der Waals surface area contributed by atoms with Gasteiger partial charge in [0.25, 0.3) is 0 Å². The molecule has 1 aromatic rings. The van der Waals surface area contributed by atoms with E-state index in [0.29, 0.717) is 6.29 Å². The van der Waals surface area contributed by atoms with Crippen LogP contribution in [0.25, 0.3) is 6.08 Å². The maximum Gasteiger partial charge on any atom is 0.142 e. The third kappa shape index (κ3) is 5.18. The summed E-state index contributed by atoms with van der Waals surface area (Å²) < 4.78 is 0. The lowest BCUT2D eigenvalue weighted by atomic mass is 10.2. The summed E-state index contributed by atoms with van der Waals surface area (Å²) >= 11 is 0. The van der Waals surface area contributed by atoms with Crippen molar-refractivity contribution in [1.82, 2.24) is 0 Å². The highest BCUT2D eigenvalue weighted by atomic mass is 16.1. The molecule has 0 saturated carbocycles. The van der Waals surface area contributed by atoms with Crippen LogP contribution in [-0.4, -0.2) is 6.29 Å². The first-order valence-corrected chi connectivity index (χ1v) is 3.58. The minimum absolute atomic E-state index is 0.639. The van der Waals surface area contributed by atoms with Gasteiger partial charge >= 0.3 is 0 Å². The van der Waals surface area contributed by atoms with Crippen LogP contribution < -0.4 is 0 Å². The Labute approximate surface area is 73.0 Å². The second kappa shape index (κ2) is 7.48. The summed E-state index contributed by atoms with van der Waals surface area (Å²) in [6, 6.07) is 10.0. The summed E-state index contributed by atoms with van der Waals surface area (Å²) in [6.07, 6.45) is 3.67. The van der Waals surface area contributed by atoms with Crippen LogP contribution in [0.5, 0.6) is 0 Å². The van der Waals surface area contributed by atoms with Crippen molar-refractivity contribution in [2.75, 3.05) is 0 Å². The zero-order chi connectivity index (χ0) is 9.23. The Morgan fingerprint density at radius 3 is 1.83 bits per heavy atom. The van der Waals surface area contributed by atoms with Crippen molar-refractivity contribution in [3.05, 3.63) is 55.1 Å².